The van der Waals surface area contributed by atoms with Gasteiger partial charge >= 0.3 is 0 Å². The minimum atomic E-state index is -0.942. The molecule has 4 rings (SSSR count). The van der Waals surface area contributed by atoms with E-state index in [2.05, 4.69) is 16.2 Å². The highest BCUT2D eigenvalue weighted by Crippen LogP contribution is 2.15. The van der Waals surface area contributed by atoms with Crippen molar-refractivity contribution in [1.29, 1.82) is 5.26 Å². The van der Waals surface area contributed by atoms with E-state index < -0.39 is 6.10 Å². The van der Waals surface area contributed by atoms with E-state index in [0.29, 0.717) is 23.5 Å². The number of fused-ring (bicyclic) bond motifs is 1. The second-order valence-electron chi connectivity index (χ2n) is 6.92. The van der Waals surface area contributed by atoms with Gasteiger partial charge in [-0.3, -0.25) is 9.36 Å². The number of aromatic nitrogens is 4. The number of aliphatic hydroxyl groups excluding tert-OH is 1. The van der Waals surface area contributed by atoms with Crippen molar-refractivity contribution in [2.24, 2.45) is 0 Å². The van der Waals surface area contributed by atoms with Crippen LogP contribution in [0.25, 0.3) is 16.7 Å². The van der Waals surface area contributed by atoms with E-state index in [0.717, 1.165) is 5.56 Å². The molecule has 2 aromatic heterocycles. The second kappa shape index (κ2) is 8.77. The van der Waals surface area contributed by atoms with Crippen LogP contribution in [0, 0.1) is 17.1 Å². The first-order valence-electron chi connectivity index (χ1n) is 9.51. The molecule has 0 aliphatic heterocycles. The topological polar surface area (TPSA) is 106 Å². The fourth-order valence-corrected chi connectivity index (χ4v) is 3.12. The van der Waals surface area contributed by atoms with E-state index in [1.165, 1.54) is 33.9 Å². The lowest BCUT2D eigenvalue weighted by molar-refractivity contribution is 0.0915. The first-order valence-corrected chi connectivity index (χ1v) is 9.51. The van der Waals surface area contributed by atoms with Gasteiger partial charge in [0.2, 0.25) is 0 Å². The predicted octanol–water partition coefficient (Wildman–Crippen LogP) is 2.23. The molecule has 0 bridgehead atoms. The van der Waals surface area contributed by atoms with Gasteiger partial charge in [0, 0.05) is 0 Å². The first-order chi connectivity index (χ1) is 15.0. The Bertz CT molecular complexity index is 1290. The molecular weight excluding hydrogens is 401 g/mol. The molecule has 0 amide bonds. The van der Waals surface area contributed by atoms with Gasteiger partial charge in [-0.1, -0.05) is 12.1 Å². The molecule has 2 heterocycles. The van der Waals surface area contributed by atoms with Crippen LogP contribution >= 0.6 is 0 Å². The third-order valence-corrected chi connectivity index (χ3v) is 4.68. The first kappa shape index (κ1) is 20.3. The Balaban J connectivity index is 1.46. The van der Waals surface area contributed by atoms with Crippen LogP contribution in [0.15, 0.2) is 65.8 Å². The van der Waals surface area contributed by atoms with Crippen molar-refractivity contribution in [3.63, 3.8) is 0 Å². The normalized spacial score (nSPS) is 11.9. The molecule has 1 unspecified atom stereocenters. The fraction of sp³-hybridized carbons (Fsp3) is 0.182. The van der Waals surface area contributed by atoms with Crippen molar-refractivity contribution in [3.05, 3.63) is 82.8 Å². The van der Waals surface area contributed by atoms with E-state index in [1.54, 1.807) is 36.4 Å². The Kier molecular flexibility index (Phi) is 5.73. The highest BCUT2D eigenvalue weighted by molar-refractivity contribution is 5.74. The minimum Gasteiger partial charge on any atom is -0.491 e. The summed E-state index contributed by atoms with van der Waals surface area (Å²) in [6, 6.07) is 14.8. The molecule has 156 valence electrons. The maximum absolute atomic E-state index is 13.2. The summed E-state index contributed by atoms with van der Waals surface area (Å²) in [6.45, 7) is -0.0209. The van der Waals surface area contributed by atoms with Crippen molar-refractivity contribution in [2.45, 2.75) is 19.1 Å². The monoisotopic (exact) mass is 419 g/mol. The number of benzene rings is 2. The van der Waals surface area contributed by atoms with Crippen molar-refractivity contribution >= 4 is 11.0 Å². The van der Waals surface area contributed by atoms with Crippen LogP contribution in [0.2, 0.25) is 0 Å². The lowest BCUT2D eigenvalue weighted by Crippen LogP contribution is -2.30. The molecule has 0 saturated heterocycles. The molecule has 1 N–H and O–H groups in total. The lowest BCUT2D eigenvalue weighted by Gasteiger charge is -2.14. The highest BCUT2D eigenvalue weighted by Gasteiger charge is 2.14. The zero-order valence-corrected chi connectivity index (χ0v) is 16.3. The van der Waals surface area contributed by atoms with E-state index in [4.69, 9.17) is 10.00 Å². The third-order valence-electron chi connectivity index (χ3n) is 4.68. The number of hydrogen-bond donors (Lipinski definition) is 1. The van der Waals surface area contributed by atoms with Gasteiger partial charge in [-0.25, -0.2) is 14.1 Å². The molecule has 0 aliphatic carbocycles. The van der Waals surface area contributed by atoms with Gasteiger partial charge in [0.15, 0.2) is 5.65 Å². The summed E-state index contributed by atoms with van der Waals surface area (Å²) in [5.41, 5.74) is 1.45. The molecule has 9 heteroatoms. The second-order valence-corrected chi connectivity index (χ2v) is 6.92. The van der Waals surface area contributed by atoms with E-state index in [-0.39, 0.29) is 29.9 Å². The number of nitrogens with zero attached hydrogens (tertiary/aromatic N) is 5. The Morgan fingerprint density at radius 3 is 2.61 bits per heavy atom. The van der Waals surface area contributed by atoms with Gasteiger partial charge in [-0.05, 0) is 42.0 Å². The third kappa shape index (κ3) is 4.44. The van der Waals surface area contributed by atoms with Crippen LogP contribution in [-0.2, 0) is 13.0 Å². The summed E-state index contributed by atoms with van der Waals surface area (Å²) in [6.07, 6.45) is 2.12. The van der Waals surface area contributed by atoms with Gasteiger partial charge in [-0.15, -0.1) is 0 Å². The molecule has 0 radical (unpaired) electrons. The lowest BCUT2D eigenvalue weighted by atomic mass is 10.2. The average Bonchev–Trinajstić information content (AvgIpc) is 3.21. The molecule has 0 spiro atoms. The van der Waals surface area contributed by atoms with Crippen LogP contribution in [0.4, 0.5) is 4.39 Å². The van der Waals surface area contributed by atoms with E-state index in [9.17, 15) is 14.3 Å². The summed E-state index contributed by atoms with van der Waals surface area (Å²) in [5, 5.41) is 23.5. The smallest absolute Gasteiger partial charge is 0.264 e. The number of rotatable bonds is 7. The number of halogens is 1. The van der Waals surface area contributed by atoms with E-state index >= 15 is 0 Å². The van der Waals surface area contributed by atoms with Gasteiger partial charge in [0.05, 0.1) is 30.9 Å². The number of nitriles is 1. The fourth-order valence-electron chi connectivity index (χ4n) is 3.12. The quantitative estimate of drug-likeness (QED) is 0.492. The molecule has 4 aromatic rings. The summed E-state index contributed by atoms with van der Waals surface area (Å²) in [7, 11) is 0. The maximum atomic E-state index is 13.2. The Hall–Kier alpha value is -4.03. The zero-order valence-electron chi connectivity index (χ0n) is 16.3. The molecule has 0 aliphatic rings. The van der Waals surface area contributed by atoms with Gasteiger partial charge in [-0.2, -0.15) is 10.4 Å². The molecule has 1 atom stereocenters. The van der Waals surface area contributed by atoms with Gasteiger partial charge < -0.3 is 9.84 Å². The zero-order chi connectivity index (χ0) is 21.8. The summed E-state index contributed by atoms with van der Waals surface area (Å²) in [5.74, 6) is 0.187. The Morgan fingerprint density at radius 1 is 1.16 bits per heavy atom. The van der Waals surface area contributed by atoms with Crippen molar-refractivity contribution in [1.82, 2.24) is 19.3 Å². The Morgan fingerprint density at radius 2 is 1.90 bits per heavy atom. The van der Waals surface area contributed by atoms with Crippen molar-refractivity contribution in [2.75, 3.05) is 6.61 Å². The van der Waals surface area contributed by atoms with Crippen LogP contribution in [0.1, 0.15) is 5.56 Å². The average molecular weight is 419 g/mol. The summed E-state index contributed by atoms with van der Waals surface area (Å²) in [4.78, 5) is 17.1. The number of ether oxygens (including phenoxy) is 1. The minimum absolute atomic E-state index is 0.00395. The highest BCUT2D eigenvalue weighted by atomic mass is 19.1. The van der Waals surface area contributed by atoms with E-state index in [1.807, 2.05) is 0 Å². The van der Waals surface area contributed by atoms with Gasteiger partial charge in [0.25, 0.3) is 5.56 Å². The summed E-state index contributed by atoms with van der Waals surface area (Å²) < 4.78 is 21.5. The van der Waals surface area contributed by atoms with Crippen LogP contribution in [0.3, 0.4) is 0 Å². The number of hydrogen-bond acceptors (Lipinski definition) is 6. The SMILES string of the molecule is N#CCc1ccc(OCC(O)Cn2cnc3c(cnn3-c3ccc(F)cc3)c2=O)cc1. The van der Waals surface area contributed by atoms with Crippen molar-refractivity contribution in [3.8, 4) is 17.5 Å². The van der Waals surface area contributed by atoms with Crippen molar-refractivity contribution < 1.29 is 14.2 Å². The Labute approximate surface area is 176 Å². The standard InChI is InChI=1S/C22H18FN5O3/c23-16-3-5-17(6-4-16)28-21-20(11-26-28)22(30)27(14-25-21)12-18(29)13-31-19-7-1-15(2-8-19)9-10-24/h1-8,11,14,18,29H,9,12-13H2. The largest absolute Gasteiger partial charge is 0.491 e. The molecule has 2 aromatic carbocycles. The molecule has 31 heavy (non-hydrogen) atoms. The van der Waals surface area contributed by atoms with Crippen LogP contribution < -0.4 is 10.3 Å². The maximum Gasteiger partial charge on any atom is 0.264 e. The molecule has 8 nitrogen and oxygen atoms in total. The molecular formula is C22H18FN5O3. The summed E-state index contributed by atoms with van der Waals surface area (Å²) >= 11 is 0. The number of aliphatic hydroxyl groups is 1. The molecule has 0 fully saturated rings. The van der Waals surface area contributed by atoms with Crippen LogP contribution in [-0.4, -0.2) is 37.1 Å². The predicted molar refractivity (Wildman–Crippen MR) is 110 cm³/mol. The molecule has 0 saturated carbocycles. The van der Waals surface area contributed by atoms with Crippen LogP contribution in [0.5, 0.6) is 5.75 Å². The van der Waals surface area contributed by atoms with Gasteiger partial charge in [0.1, 0.15) is 36.0 Å².